The van der Waals surface area contributed by atoms with Crippen LogP contribution >= 0.6 is 0 Å². The van der Waals surface area contributed by atoms with Gasteiger partial charge in [0.15, 0.2) is 0 Å². The number of rotatable bonds is 21. The molecule has 0 spiro atoms. The van der Waals surface area contributed by atoms with Gasteiger partial charge in [0.2, 0.25) is 0 Å². The standard InChI is InChI=1S/C24H48O/c1-2-3-4-5-6-7-8-9-10-11-12-13-14-15-16-17-18-19-20-21-22-23-24-25/h7-8,25H,2-6,9-24H2,1H3. The zero-order valence-corrected chi connectivity index (χ0v) is 17.5. The topological polar surface area (TPSA) is 20.2 Å². The van der Waals surface area contributed by atoms with E-state index in [1.807, 2.05) is 0 Å². The molecule has 0 atom stereocenters. The molecule has 0 saturated carbocycles. The first-order chi connectivity index (χ1) is 12.4. The van der Waals surface area contributed by atoms with Crippen LogP contribution in [0.4, 0.5) is 0 Å². The van der Waals surface area contributed by atoms with Gasteiger partial charge in [-0.25, -0.2) is 0 Å². The summed E-state index contributed by atoms with van der Waals surface area (Å²) in [6.45, 7) is 2.65. The summed E-state index contributed by atoms with van der Waals surface area (Å²) < 4.78 is 0. The minimum atomic E-state index is 0.371. The molecule has 0 fully saturated rings. The highest BCUT2D eigenvalue weighted by molar-refractivity contribution is 4.81. The molecule has 150 valence electrons. The van der Waals surface area contributed by atoms with Crippen LogP contribution in [0.2, 0.25) is 0 Å². The van der Waals surface area contributed by atoms with Gasteiger partial charge in [0.05, 0.1) is 0 Å². The number of allylic oxidation sites excluding steroid dienone is 2. The Balaban J connectivity index is 3.01. The van der Waals surface area contributed by atoms with Crippen molar-refractivity contribution >= 4 is 0 Å². The van der Waals surface area contributed by atoms with Gasteiger partial charge in [0.1, 0.15) is 0 Å². The van der Waals surface area contributed by atoms with Crippen molar-refractivity contribution in [2.75, 3.05) is 6.61 Å². The molecule has 0 aliphatic rings. The Morgan fingerprint density at radius 3 is 1.12 bits per heavy atom. The SMILES string of the molecule is CCCCCCC=CCCCCCCCCCCCCCCCCO. The lowest BCUT2D eigenvalue weighted by atomic mass is 10.0. The molecule has 0 aliphatic heterocycles. The molecule has 0 aliphatic carbocycles. The van der Waals surface area contributed by atoms with Crippen LogP contribution in [-0.2, 0) is 0 Å². The average molecular weight is 353 g/mol. The van der Waals surface area contributed by atoms with Crippen molar-refractivity contribution in [3.8, 4) is 0 Å². The summed E-state index contributed by atoms with van der Waals surface area (Å²) in [7, 11) is 0. The van der Waals surface area contributed by atoms with Crippen LogP contribution in [0.15, 0.2) is 12.2 Å². The maximum Gasteiger partial charge on any atom is 0.0431 e. The van der Waals surface area contributed by atoms with E-state index in [1.54, 1.807) is 0 Å². The quantitative estimate of drug-likeness (QED) is 0.162. The molecular weight excluding hydrogens is 304 g/mol. The van der Waals surface area contributed by atoms with E-state index in [0.717, 1.165) is 6.42 Å². The Labute approximate surface area is 159 Å². The van der Waals surface area contributed by atoms with Crippen molar-refractivity contribution in [2.45, 2.75) is 135 Å². The molecule has 0 aromatic carbocycles. The summed E-state index contributed by atoms with van der Waals surface area (Å²) in [6.07, 6.45) is 32.1. The van der Waals surface area contributed by atoms with Gasteiger partial charge in [-0.1, -0.05) is 115 Å². The van der Waals surface area contributed by atoms with Crippen LogP contribution in [0.5, 0.6) is 0 Å². The monoisotopic (exact) mass is 352 g/mol. The first-order valence-electron chi connectivity index (χ1n) is 11.7. The van der Waals surface area contributed by atoms with Crippen molar-refractivity contribution in [1.29, 1.82) is 0 Å². The second-order valence-electron chi connectivity index (χ2n) is 7.78. The highest BCUT2D eigenvalue weighted by Gasteiger charge is 1.94. The predicted octanol–water partition coefficient (Wildman–Crippen LogP) is 8.36. The third-order valence-corrected chi connectivity index (χ3v) is 5.17. The van der Waals surface area contributed by atoms with Gasteiger partial charge < -0.3 is 5.11 Å². The van der Waals surface area contributed by atoms with E-state index in [2.05, 4.69) is 19.1 Å². The number of aliphatic hydroxyl groups excluding tert-OH is 1. The predicted molar refractivity (Wildman–Crippen MR) is 114 cm³/mol. The van der Waals surface area contributed by atoms with Gasteiger partial charge in [0, 0.05) is 6.61 Å². The zero-order chi connectivity index (χ0) is 18.3. The number of unbranched alkanes of at least 4 members (excludes halogenated alkanes) is 18. The van der Waals surface area contributed by atoms with Crippen molar-refractivity contribution in [3.05, 3.63) is 12.2 Å². The average Bonchev–Trinajstić information content (AvgIpc) is 2.63. The Hall–Kier alpha value is -0.300. The van der Waals surface area contributed by atoms with E-state index in [0.29, 0.717) is 6.61 Å². The first kappa shape index (κ1) is 24.7. The summed E-state index contributed by atoms with van der Waals surface area (Å²) in [5, 5.41) is 8.72. The molecule has 0 saturated heterocycles. The minimum Gasteiger partial charge on any atom is -0.396 e. The Bertz CT molecular complexity index is 246. The lowest BCUT2D eigenvalue weighted by molar-refractivity contribution is 0.282. The molecule has 0 amide bonds. The molecule has 0 rings (SSSR count). The van der Waals surface area contributed by atoms with Crippen LogP contribution in [-0.4, -0.2) is 11.7 Å². The van der Waals surface area contributed by atoms with Crippen molar-refractivity contribution in [1.82, 2.24) is 0 Å². The van der Waals surface area contributed by atoms with Crippen LogP contribution in [0.25, 0.3) is 0 Å². The molecule has 0 bridgehead atoms. The summed E-state index contributed by atoms with van der Waals surface area (Å²) in [6, 6.07) is 0. The molecule has 25 heavy (non-hydrogen) atoms. The third-order valence-electron chi connectivity index (χ3n) is 5.17. The fraction of sp³-hybridized carbons (Fsp3) is 0.917. The maximum absolute atomic E-state index is 8.72. The van der Waals surface area contributed by atoms with E-state index in [9.17, 15) is 0 Å². The summed E-state index contributed by atoms with van der Waals surface area (Å²) in [4.78, 5) is 0. The molecule has 1 N–H and O–H groups in total. The van der Waals surface area contributed by atoms with Crippen LogP contribution in [0.3, 0.4) is 0 Å². The lowest BCUT2D eigenvalue weighted by Crippen LogP contribution is -1.85. The fourth-order valence-electron chi connectivity index (χ4n) is 3.42. The second kappa shape index (κ2) is 23.7. The third kappa shape index (κ3) is 23.7. The smallest absolute Gasteiger partial charge is 0.0431 e. The Morgan fingerprint density at radius 1 is 0.440 bits per heavy atom. The van der Waals surface area contributed by atoms with E-state index >= 15 is 0 Å². The molecule has 0 unspecified atom stereocenters. The summed E-state index contributed by atoms with van der Waals surface area (Å²) in [5.41, 5.74) is 0. The maximum atomic E-state index is 8.72. The molecule has 1 nitrogen and oxygen atoms in total. The number of aliphatic hydroxyl groups is 1. The van der Waals surface area contributed by atoms with Gasteiger partial charge in [-0.3, -0.25) is 0 Å². The van der Waals surface area contributed by atoms with E-state index in [1.165, 1.54) is 122 Å². The highest BCUT2D eigenvalue weighted by atomic mass is 16.2. The normalized spacial score (nSPS) is 11.6. The van der Waals surface area contributed by atoms with Gasteiger partial charge in [0.25, 0.3) is 0 Å². The highest BCUT2D eigenvalue weighted by Crippen LogP contribution is 2.13. The zero-order valence-electron chi connectivity index (χ0n) is 17.5. The largest absolute Gasteiger partial charge is 0.396 e. The molecule has 1 heteroatoms. The second-order valence-corrected chi connectivity index (χ2v) is 7.78. The van der Waals surface area contributed by atoms with Gasteiger partial charge in [-0.2, -0.15) is 0 Å². The summed E-state index contributed by atoms with van der Waals surface area (Å²) in [5.74, 6) is 0. The van der Waals surface area contributed by atoms with Gasteiger partial charge >= 0.3 is 0 Å². The Morgan fingerprint density at radius 2 is 0.760 bits per heavy atom. The van der Waals surface area contributed by atoms with Crippen molar-refractivity contribution in [3.63, 3.8) is 0 Å². The molecule has 0 radical (unpaired) electrons. The van der Waals surface area contributed by atoms with Crippen molar-refractivity contribution < 1.29 is 5.11 Å². The summed E-state index contributed by atoms with van der Waals surface area (Å²) >= 11 is 0. The minimum absolute atomic E-state index is 0.371. The number of hydrogen-bond acceptors (Lipinski definition) is 1. The molecular formula is C24H48O. The van der Waals surface area contributed by atoms with Gasteiger partial charge in [-0.15, -0.1) is 0 Å². The van der Waals surface area contributed by atoms with Crippen LogP contribution in [0, 0.1) is 0 Å². The van der Waals surface area contributed by atoms with E-state index in [-0.39, 0.29) is 0 Å². The van der Waals surface area contributed by atoms with E-state index < -0.39 is 0 Å². The lowest BCUT2D eigenvalue weighted by Gasteiger charge is -2.03. The van der Waals surface area contributed by atoms with Gasteiger partial charge in [-0.05, 0) is 32.1 Å². The molecule has 0 heterocycles. The number of hydrogen-bond donors (Lipinski definition) is 1. The van der Waals surface area contributed by atoms with Crippen LogP contribution < -0.4 is 0 Å². The Kier molecular flexibility index (Phi) is 23.4. The molecule has 0 aromatic rings. The van der Waals surface area contributed by atoms with Crippen LogP contribution in [0.1, 0.15) is 135 Å². The molecule has 0 aromatic heterocycles. The van der Waals surface area contributed by atoms with E-state index in [4.69, 9.17) is 5.11 Å². The fourth-order valence-corrected chi connectivity index (χ4v) is 3.42. The first-order valence-corrected chi connectivity index (χ1v) is 11.7. The van der Waals surface area contributed by atoms with Crippen molar-refractivity contribution in [2.24, 2.45) is 0 Å².